The molecule has 1 amide bonds. The molecule has 0 spiro atoms. The number of H-pyrrole nitrogens is 1. The quantitative estimate of drug-likeness (QED) is 0.761. The van der Waals surface area contributed by atoms with Crippen LogP contribution in [0.5, 0.6) is 0 Å². The number of halogens is 1. The maximum Gasteiger partial charge on any atom is 0.277 e. The monoisotopic (exact) mass is 343 g/mol. The number of rotatable bonds is 3. The summed E-state index contributed by atoms with van der Waals surface area (Å²) in [5, 5.41) is 10.7. The van der Waals surface area contributed by atoms with Crippen LogP contribution in [0.3, 0.4) is 0 Å². The highest BCUT2D eigenvalue weighted by Crippen LogP contribution is 2.23. The van der Waals surface area contributed by atoms with Gasteiger partial charge in [-0.15, -0.1) is 5.10 Å². The molecule has 4 rings (SSSR count). The lowest BCUT2D eigenvalue weighted by molar-refractivity contribution is 0.0940. The fourth-order valence-electron chi connectivity index (χ4n) is 3.49. The van der Waals surface area contributed by atoms with Crippen molar-refractivity contribution in [1.29, 1.82) is 0 Å². The third kappa shape index (κ3) is 2.88. The largest absolute Gasteiger partial charge is 0.350 e. The minimum atomic E-state index is -0.522. The van der Waals surface area contributed by atoms with Crippen LogP contribution in [0.1, 0.15) is 42.6 Å². The van der Waals surface area contributed by atoms with Crippen molar-refractivity contribution in [2.75, 3.05) is 6.54 Å². The van der Waals surface area contributed by atoms with Crippen molar-refractivity contribution in [3.63, 3.8) is 0 Å². The zero-order valence-corrected chi connectivity index (χ0v) is 13.6. The van der Waals surface area contributed by atoms with E-state index in [9.17, 15) is 14.0 Å². The molecule has 0 radical (unpaired) electrons. The molecule has 0 unspecified atom stereocenters. The standard InChI is InChI=1S/C17H18FN5O2/c18-11-6-7-13-12(8-11)20-17(25)15-14(21-22-23(13)15)16(24)19-9-10-4-2-1-3-5-10/h6-8,10H,1-5,9H2,(H,19,24)(H,20,25). The van der Waals surface area contributed by atoms with Gasteiger partial charge in [0, 0.05) is 6.54 Å². The highest BCUT2D eigenvalue weighted by molar-refractivity contribution is 5.99. The van der Waals surface area contributed by atoms with E-state index in [0.717, 1.165) is 12.8 Å². The Balaban J connectivity index is 1.67. The number of nitrogens with one attached hydrogen (secondary N) is 2. The average Bonchev–Trinajstić information content (AvgIpc) is 3.06. The summed E-state index contributed by atoms with van der Waals surface area (Å²) in [5.74, 6) is -0.401. The van der Waals surface area contributed by atoms with E-state index >= 15 is 0 Å². The van der Waals surface area contributed by atoms with Crippen molar-refractivity contribution < 1.29 is 9.18 Å². The third-order valence-corrected chi connectivity index (χ3v) is 4.81. The van der Waals surface area contributed by atoms with Gasteiger partial charge in [0.25, 0.3) is 11.5 Å². The highest BCUT2D eigenvalue weighted by Gasteiger charge is 2.21. The van der Waals surface area contributed by atoms with E-state index in [-0.39, 0.29) is 11.2 Å². The first-order valence-corrected chi connectivity index (χ1v) is 8.48. The zero-order chi connectivity index (χ0) is 17.4. The van der Waals surface area contributed by atoms with Crippen LogP contribution in [0.2, 0.25) is 0 Å². The number of hydrogen-bond donors (Lipinski definition) is 2. The summed E-state index contributed by atoms with van der Waals surface area (Å²) in [6.45, 7) is 0.578. The van der Waals surface area contributed by atoms with Crippen LogP contribution in [-0.4, -0.2) is 32.3 Å². The molecule has 0 aliphatic heterocycles. The summed E-state index contributed by atoms with van der Waals surface area (Å²) in [6, 6.07) is 3.97. The normalized spacial score (nSPS) is 15.7. The number of amides is 1. The molecular formula is C17H18FN5O2. The van der Waals surface area contributed by atoms with E-state index in [4.69, 9.17) is 0 Å². The Morgan fingerprint density at radius 1 is 1.32 bits per heavy atom. The lowest BCUT2D eigenvalue weighted by atomic mass is 9.89. The van der Waals surface area contributed by atoms with E-state index < -0.39 is 17.3 Å². The molecule has 130 valence electrons. The molecule has 1 aromatic carbocycles. The molecule has 1 fully saturated rings. The Bertz CT molecular complexity index is 1000. The van der Waals surface area contributed by atoms with Crippen LogP contribution >= 0.6 is 0 Å². The zero-order valence-electron chi connectivity index (χ0n) is 13.6. The van der Waals surface area contributed by atoms with Crippen molar-refractivity contribution in [1.82, 2.24) is 25.1 Å². The van der Waals surface area contributed by atoms with Crippen LogP contribution in [0.25, 0.3) is 16.6 Å². The van der Waals surface area contributed by atoms with Crippen LogP contribution in [0.4, 0.5) is 4.39 Å². The number of carbonyl (C=O) groups excluding carboxylic acids is 1. The second-order valence-electron chi connectivity index (χ2n) is 6.53. The molecule has 7 nitrogen and oxygen atoms in total. The van der Waals surface area contributed by atoms with Crippen LogP contribution < -0.4 is 10.9 Å². The Labute approximate surface area is 142 Å². The Morgan fingerprint density at radius 2 is 2.12 bits per heavy atom. The molecule has 1 saturated carbocycles. The summed E-state index contributed by atoms with van der Waals surface area (Å²) in [6.07, 6.45) is 5.86. The summed E-state index contributed by atoms with van der Waals surface area (Å²) in [7, 11) is 0. The molecule has 1 aliphatic carbocycles. The number of carbonyl (C=O) groups is 1. The molecule has 0 bridgehead atoms. The molecule has 1 aliphatic rings. The molecule has 0 saturated heterocycles. The summed E-state index contributed by atoms with van der Waals surface area (Å²) in [4.78, 5) is 27.4. The predicted octanol–water partition coefficient (Wildman–Crippen LogP) is 2.02. The van der Waals surface area contributed by atoms with Crippen molar-refractivity contribution >= 4 is 22.5 Å². The molecular weight excluding hydrogens is 325 g/mol. The maximum atomic E-state index is 13.3. The van der Waals surface area contributed by atoms with Gasteiger partial charge in [-0.1, -0.05) is 24.5 Å². The van der Waals surface area contributed by atoms with Gasteiger partial charge in [-0.25, -0.2) is 8.91 Å². The first kappa shape index (κ1) is 15.7. The highest BCUT2D eigenvalue weighted by atomic mass is 19.1. The number of aromatic nitrogens is 4. The van der Waals surface area contributed by atoms with Gasteiger partial charge in [-0.3, -0.25) is 9.59 Å². The smallest absolute Gasteiger partial charge is 0.277 e. The molecule has 2 heterocycles. The number of benzene rings is 1. The second kappa shape index (κ2) is 6.27. The van der Waals surface area contributed by atoms with Gasteiger partial charge in [0.05, 0.1) is 11.0 Å². The lowest BCUT2D eigenvalue weighted by Gasteiger charge is -2.21. The van der Waals surface area contributed by atoms with E-state index in [1.165, 1.54) is 42.0 Å². The van der Waals surface area contributed by atoms with E-state index in [1.807, 2.05) is 0 Å². The second-order valence-corrected chi connectivity index (χ2v) is 6.53. The van der Waals surface area contributed by atoms with E-state index in [0.29, 0.717) is 23.5 Å². The Morgan fingerprint density at radius 3 is 2.92 bits per heavy atom. The van der Waals surface area contributed by atoms with Gasteiger partial charge in [0.15, 0.2) is 11.2 Å². The average molecular weight is 343 g/mol. The Hall–Kier alpha value is -2.77. The fraction of sp³-hybridized carbons (Fsp3) is 0.412. The summed E-state index contributed by atoms with van der Waals surface area (Å²) >= 11 is 0. The van der Waals surface area contributed by atoms with Gasteiger partial charge in [-0.2, -0.15) is 0 Å². The van der Waals surface area contributed by atoms with Crippen molar-refractivity contribution in [2.24, 2.45) is 5.92 Å². The number of fused-ring (bicyclic) bond motifs is 3. The van der Waals surface area contributed by atoms with Crippen molar-refractivity contribution in [2.45, 2.75) is 32.1 Å². The van der Waals surface area contributed by atoms with Gasteiger partial charge in [0.2, 0.25) is 0 Å². The number of nitrogens with zero attached hydrogens (tertiary/aromatic N) is 3. The lowest BCUT2D eigenvalue weighted by Crippen LogP contribution is -2.31. The third-order valence-electron chi connectivity index (χ3n) is 4.81. The van der Waals surface area contributed by atoms with Crippen LogP contribution in [0, 0.1) is 11.7 Å². The molecule has 2 aromatic heterocycles. The Kier molecular flexibility index (Phi) is 3.95. The molecule has 0 atom stereocenters. The minimum Gasteiger partial charge on any atom is -0.350 e. The van der Waals surface area contributed by atoms with Gasteiger partial charge < -0.3 is 10.3 Å². The topological polar surface area (TPSA) is 92.2 Å². The first-order chi connectivity index (χ1) is 12.1. The molecule has 3 aromatic rings. The van der Waals surface area contributed by atoms with Crippen LogP contribution in [-0.2, 0) is 0 Å². The molecule has 2 N–H and O–H groups in total. The summed E-state index contributed by atoms with van der Waals surface area (Å²) < 4.78 is 14.6. The minimum absolute atomic E-state index is 0.0108. The maximum absolute atomic E-state index is 13.3. The molecule has 25 heavy (non-hydrogen) atoms. The summed E-state index contributed by atoms with van der Waals surface area (Å²) in [5.41, 5.74) is 0.320. The number of hydrogen-bond acceptors (Lipinski definition) is 4. The first-order valence-electron chi connectivity index (χ1n) is 8.48. The van der Waals surface area contributed by atoms with E-state index in [2.05, 4.69) is 20.6 Å². The van der Waals surface area contributed by atoms with E-state index in [1.54, 1.807) is 0 Å². The fourth-order valence-corrected chi connectivity index (χ4v) is 3.49. The van der Waals surface area contributed by atoms with Gasteiger partial charge in [-0.05, 0) is 37.0 Å². The number of aromatic amines is 1. The van der Waals surface area contributed by atoms with Crippen LogP contribution in [0.15, 0.2) is 23.0 Å². The van der Waals surface area contributed by atoms with Gasteiger partial charge in [0.1, 0.15) is 5.82 Å². The SMILES string of the molecule is O=C(NCC1CCCCC1)c1nnn2c1c(=O)[nH]c1cc(F)ccc12. The van der Waals surface area contributed by atoms with Gasteiger partial charge >= 0.3 is 0 Å². The molecule has 8 heteroatoms. The van der Waals surface area contributed by atoms with Crippen molar-refractivity contribution in [3.05, 3.63) is 40.1 Å². The van der Waals surface area contributed by atoms with Crippen molar-refractivity contribution in [3.8, 4) is 0 Å². The predicted molar refractivity (Wildman–Crippen MR) is 90.0 cm³/mol.